The molecule has 0 radical (unpaired) electrons. The lowest BCUT2D eigenvalue weighted by Gasteiger charge is -2.11. The predicted molar refractivity (Wildman–Crippen MR) is 65.5 cm³/mol. The minimum absolute atomic E-state index is 0.405. The van der Waals surface area contributed by atoms with E-state index in [0.29, 0.717) is 6.04 Å². The van der Waals surface area contributed by atoms with Gasteiger partial charge in [-0.1, -0.05) is 0 Å². The molecule has 4 nitrogen and oxygen atoms in total. The van der Waals surface area contributed by atoms with Crippen molar-refractivity contribution in [3.05, 3.63) is 34.5 Å². The number of aromatic nitrogens is 3. The minimum atomic E-state index is 0.405. The maximum Gasteiger partial charge on any atom is 0.137 e. The summed E-state index contributed by atoms with van der Waals surface area (Å²) in [7, 11) is 0. The topological polar surface area (TPSA) is 42.7 Å². The molecule has 0 saturated carbocycles. The van der Waals surface area contributed by atoms with Crippen LogP contribution in [0.1, 0.15) is 22.7 Å². The van der Waals surface area contributed by atoms with Crippen LogP contribution in [0.4, 0.5) is 0 Å². The van der Waals surface area contributed by atoms with Gasteiger partial charge in [0.15, 0.2) is 0 Å². The zero-order valence-corrected chi connectivity index (χ0v) is 10.4. The van der Waals surface area contributed by atoms with Crippen molar-refractivity contribution in [1.29, 1.82) is 0 Å². The molecule has 1 N–H and O–H groups in total. The maximum absolute atomic E-state index is 4.06. The van der Waals surface area contributed by atoms with Gasteiger partial charge in [-0.25, -0.2) is 4.98 Å². The molecule has 0 aliphatic carbocycles. The predicted octanol–water partition coefficient (Wildman–Crippen LogP) is 2.00. The van der Waals surface area contributed by atoms with E-state index in [0.717, 1.165) is 13.1 Å². The summed E-state index contributed by atoms with van der Waals surface area (Å²) >= 11 is 1.85. The highest BCUT2D eigenvalue weighted by Crippen LogP contribution is 2.21. The Hall–Kier alpha value is -1.20. The Morgan fingerprint density at radius 2 is 2.38 bits per heavy atom. The molecule has 5 heteroatoms. The first-order valence-electron chi connectivity index (χ1n) is 5.38. The SMILES string of the molecule is Cc1ccc(C(C)NCCn2cncn2)s1. The van der Waals surface area contributed by atoms with Crippen molar-refractivity contribution >= 4 is 11.3 Å². The third kappa shape index (κ3) is 2.90. The van der Waals surface area contributed by atoms with Gasteiger partial charge in [-0.05, 0) is 26.0 Å². The van der Waals surface area contributed by atoms with E-state index < -0.39 is 0 Å². The molecule has 0 aliphatic rings. The molecule has 86 valence electrons. The van der Waals surface area contributed by atoms with Gasteiger partial charge in [0.1, 0.15) is 12.7 Å². The van der Waals surface area contributed by atoms with Crippen LogP contribution in [0.3, 0.4) is 0 Å². The molecule has 0 fully saturated rings. The van der Waals surface area contributed by atoms with Crippen molar-refractivity contribution in [1.82, 2.24) is 20.1 Å². The van der Waals surface area contributed by atoms with Crippen molar-refractivity contribution in [3.8, 4) is 0 Å². The van der Waals surface area contributed by atoms with E-state index in [2.05, 4.69) is 41.4 Å². The lowest BCUT2D eigenvalue weighted by atomic mass is 10.3. The molecule has 2 aromatic rings. The number of rotatable bonds is 5. The van der Waals surface area contributed by atoms with Crippen molar-refractivity contribution in [2.24, 2.45) is 0 Å². The van der Waals surface area contributed by atoms with Crippen molar-refractivity contribution in [2.75, 3.05) is 6.54 Å². The van der Waals surface area contributed by atoms with E-state index in [4.69, 9.17) is 0 Å². The number of nitrogens with zero attached hydrogens (tertiary/aromatic N) is 3. The molecular formula is C11H16N4S. The molecule has 1 atom stereocenters. The van der Waals surface area contributed by atoms with Crippen LogP contribution in [0.15, 0.2) is 24.8 Å². The van der Waals surface area contributed by atoms with Crippen LogP contribution in [0, 0.1) is 6.92 Å². The molecule has 2 aromatic heterocycles. The molecule has 0 bridgehead atoms. The summed E-state index contributed by atoms with van der Waals surface area (Å²) in [5.74, 6) is 0. The first-order chi connectivity index (χ1) is 7.75. The van der Waals surface area contributed by atoms with Crippen LogP contribution in [0.2, 0.25) is 0 Å². The Balaban J connectivity index is 1.78. The Labute approximate surface area is 99.3 Å². The van der Waals surface area contributed by atoms with Crippen molar-refractivity contribution in [3.63, 3.8) is 0 Å². The molecule has 0 aliphatic heterocycles. The molecule has 2 heterocycles. The zero-order chi connectivity index (χ0) is 11.4. The third-order valence-corrected chi connectivity index (χ3v) is 3.63. The lowest BCUT2D eigenvalue weighted by Crippen LogP contribution is -2.22. The smallest absolute Gasteiger partial charge is 0.137 e. The summed E-state index contributed by atoms with van der Waals surface area (Å²) in [4.78, 5) is 6.65. The number of nitrogens with one attached hydrogen (secondary N) is 1. The number of thiophene rings is 1. The standard InChI is InChI=1S/C11H16N4S/c1-9-3-4-11(16-9)10(2)13-5-6-15-8-12-7-14-15/h3-4,7-8,10,13H,5-6H2,1-2H3. The van der Waals surface area contributed by atoms with E-state index in [1.165, 1.54) is 9.75 Å². The number of hydrogen-bond donors (Lipinski definition) is 1. The molecule has 16 heavy (non-hydrogen) atoms. The van der Waals surface area contributed by atoms with Crippen LogP contribution in [0.25, 0.3) is 0 Å². The first kappa shape index (κ1) is 11.3. The minimum Gasteiger partial charge on any atom is -0.308 e. The Morgan fingerprint density at radius 1 is 1.50 bits per heavy atom. The van der Waals surface area contributed by atoms with Crippen LogP contribution in [-0.4, -0.2) is 21.3 Å². The average molecular weight is 236 g/mol. The summed E-state index contributed by atoms with van der Waals surface area (Å²) in [6, 6.07) is 4.75. The van der Waals surface area contributed by atoms with Crippen LogP contribution in [0.5, 0.6) is 0 Å². The van der Waals surface area contributed by atoms with Gasteiger partial charge in [0, 0.05) is 22.3 Å². The van der Waals surface area contributed by atoms with Crippen molar-refractivity contribution < 1.29 is 0 Å². The molecule has 0 amide bonds. The molecule has 0 saturated heterocycles. The second kappa shape index (κ2) is 5.23. The largest absolute Gasteiger partial charge is 0.308 e. The molecule has 0 aromatic carbocycles. The summed E-state index contributed by atoms with van der Waals surface area (Å²) in [6.07, 6.45) is 3.30. The molecule has 2 rings (SSSR count). The average Bonchev–Trinajstić information content (AvgIpc) is 2.89. The van der Waals surface area contributed by atoms with Gasteiger partial charge < -0.3 is 5.32 Å². The third-order valence-electron chi connectivity index (χ3n) is 2.45. The van der Waals surface area contributed by atoms with Crippen LogP contribution < -0.4 is 5.32 Å². The van der Waals surface area contributed by atoms with Gasteiger partial charge in [0.2, 0.25) is 0 Å². The van der Waals surface area contributed by atoms with Crippen LogP contribution in [-0.2, 0) is 6.54 Å². The fraction of sp³-hybridized carbons (Fsp3) is 0.455. The van der Waals surface area contributed by atoms with E-state index in [1.807, 2.05) is 16.0 Å². The van der Waals surface area contributed by atoms with E-state index in [9.17, 15) is 0 Å². The van der Waals surface area contributed by atoms with Gasteiger partial charge in [0.05, 0.1) is 6.54 Å². The Kier molecular flexibility index (Phi) is 3.69. The van der Waals surface area contributed by atoms with Gasteiger partial charge in [-0.2, -0.15) is 5.10 Å². The van der Waals surface area contributed by atoms with Gasteiger partial charge in [-0.3, -0.25) is 4.68 Å². The Bertz CT molecular complexity index is 421. The fourth-order valence-corrected chi connectivity index (χ4v) is 2.43. The highest BCUT2D eigenvalue weighted by atomic mass is 32.1. The second-order valence-corrected chi connectivity index (χ2v) is 5.10. The number of hydrogen-bond acceptors (Lipinski definition) is 4. The lowest BCUT2D eigenvalue weighted by molar-refractivity contribution is 0.510. The van der Waals surface area contributed by atoms with E-state index in [-0.39, 0.29) is 0 Å². The van der Waals surface area contributed by atoms with Crippen LogP contribution >= 0.6 is 11.3 Å². The van der Waals surface area contributed by atoms with Gasteiger partial charge >= 0.3 is 0 Å². The molecular weight excluding hydrogens is 220 g/mol. The zero-order valence-electron chi connectivity index (χ0n) is 9.55. The van der Waals surface area contributed by atoms with E-state index >= 15 is 0 Å². The summed E-state index contributed by atoms with van der Waals surface area (Å²) < 4.78 is 1.83. The van der Waals surface area contributed by atoms with E-state index in [1.54, 1.807) is 12.7 Å². The Morgan fingerprint density at radius 3 is 3.00 bits per heavy atom. The summed E-state index contributed by atoms with van der Waals surface area (Å²) in [5.41, 5.74) is 0. The highest BCUT2D eigenvalue weighted by Gasteiger charge is 2.06. The quantitative estimate of drug-likeness (QED) is 0.863. The highest BCUT2D eigenvalue weighted by molar-refractivity contribution is 7.12. The summed E-state index contributed by atoms with van der Waals surface area (Å²) in [5, 5.41) is 7.53. The number of aryl methyl sites for hydroxylation is 1. The van der Waals surface area contributed by atoms with Gasteiger partial charge in [0.25, 0.3) is 0 Å². The fourth-order valence-electron chi connectivity index (χ4n) is 1.53. The molecule has 0 spiro atoms. The van der Waals surface area contributed by atoms with Gasteiger partial charge in [-0.15, -0.1) is 11.3 Å². The second-order valence-electron chi connectivity index (χ2n) is 3.78. The summed E-state index contributed by atoms with van der Waals surface area (Å²) in [6.45, 7) is 6.08. The maximum atomic E-state index is 4.06. The monoisotopic (exact) mass is 236 g/mol. The first-order valence-corrected chi connectivity index (χ1v) is 6.19. The normalized spacial score (nSPS) is 12.9. The van der Waals surface area contributed by atoms with Crippen molar-refractivity contribution in [2.45, 2.75) is 26.4 Å². The molecule has 1 unspecified atom stereocenters.